The van der Waals surface area contributed by atoms with Crippen LogP contribution < -0.4 is 10.1 Å². The minimum absolute atomic E-state index is 0.564. The van der Waals surface area contributed by atoms with Crippen molar-refractivity contribution in [3.05, 3.63) is 30.2 Å². The molecule has 0 bridgehead atoms. The SMILES string of the molecule is CCCNCCCc1nnc(-c2ccc(OCC)cc2)o1. The minimum Gasteiger partial charge on any atom is -0.494 e. The monoisotopic (exact) mass is 289 g/mol. The molecule has 0 amide bonds. The van der Waals surface area contributed by atoms with Crippen LogP contribution in [0.25, 0.3) is 11.5 Å². The van der Waals surface area contributed by atoms with Crippen molar-refractivity contribution in [1.82, 2.24) is 15.5 Å². The van der Waals surface area contributed by atoms with Crippen LogP contribution in [0.2, 0.25) is 0 Å². The summed E-state index contributed by atoms with van der Waals surface area (Å²) in [5, 5.41) is 11.6. The number of rotatable bonds is 9. The molecule has 0 saturated carbocycles. The summed E-state index contributed by atoms with van der Waals surface area (Å²) in [6.45, 7) is 6.83. The summed E-state index contributed by atoms with van der Waals surface area (Å²) >= 11 is 0. The summed E-state index contributed by atoms with van der Waals surface area (Å²) < 4.78 is 11.1. The number of benzene rings is 1. The Hall–Kier alpha value is -1.88. The van der Waals surface area contributed by atoms with Gasteiger partial charge in [-0.15, -0.1) is 10.2 Å². The Labute approximate surface area is 125 Å². The van der Waals surface area contributed by atoms with Gasteiger partial charge in [-0.25, -0.2) is 0 Å². The zero-order chi connectivity index (χ0) is 14.9. The van der Waals surface area contributed by atoms with Crippen molar-refractivity contribution in [1.29, 1.82) is 0 Å². The highest BCUT2D eigenvalue weighted by atomic mass is 16.5. The molecule has 5 nitrogen and oxygen atoms in total. The third-order valence-electron chi connectivity index (χ3n) is 3.05. The molecule has 5 heteroatoms. The second-order valence-corrected chi connectivity index (χ2v) is 4.81. The van der Waals surface area contributed by atoms with E-state index in [-0.39, 0.29) is 0 Å². The van der Waals surface area contributed by atoms with E-state index in [0.29, 0.717) is 18.4 Å². The summed E-state index contributed by atoms with van der Waals surface area (Å²) in [6, 6.07) is 7.70. The van der Waals surface area contributed by atoms with Gasteiger partial charge < -0.3 is 14.5 Å². The van der Waals surface area contributed by atoms with Crippen LogP contribution in [0.4, 0.5) is 0 Å². The van der Waals surface area contributed by atoms with E-state index in [4.69, 9.17) is 9.15 Å². The molecular formula is C16H23N3O2. The summed E-state index contributed by atoms with van der Waals surface area (Å²) in [7, 11) is 0. The van der Waals surface area contributed by atoms with Crippen LogP contribution in [0, 0.1) is 0 Å². The molecule has 0 aliphatic heterocycles. The van der Waals surface area contributed by atoms with E-state index < -0.39 is 0 Å². The minimum atomic E-state index is 0.564. The zero-order valence-corrected chi connectivity index (χ0v) is 12.8. The molecule has 0 saturated heterocycles. The molecule has 2 aromatic rings. The van der Waals surface area contributed by atoms with Gasteiger partial charge in [-0.2, -0.15) is 0 Å². The fourth-order valence-electron chi connectivity index (χ4n) is 2.00. The first-order chi connectivity index (χ1) is 10.3. The van der Waals surface area contributed by atoms with E-state index in [2.05, 4.69) is 22.4 Å². The van der Waals surface area contributed by atoms with Gasteiger partial charge in [0, 0.05) is 12.0 Å². The molecule has 0 aliphatic carbocycles. The standard InChI is InChI=1S/C16H23N3O2/c1-3-11-17-12-5-6-15-18-19-16(21-15)13-7-9-14(10-8-13)20-4-2/h7-10,17H,3-6,11-12H2,1-2H3. The maximum atomic E-state index is 5.69. The molecule has 114 valence electrons. The lowest BCUT2D eigenvalue weighted by Gasteiger charge is -2.02. The zero-order valence-electron chi connectivity index (χ0n) is 12.8. The predicted octanol–water partition coefficient (Wildman–Crippen LogP) is 3.07. The van der Waals surface area contributed by atoms with Gasteiger partial charge in [-0.1, -0.05) is 6.92 Å². The van der Waals surface area contributed by atoms with Gasteiger partial charge in [0.25, 0.3) is 0 Å². The Balaban J connectivity index is 1.87. The number of hydrogen-bond donors (Lipinski definition) is 1. The highest BCUT2D eigenvalue weighted by molar-refractivity contribution is 5.53. The van der Waals surface area contributed by atoms with Crippen LogP contribution in [0.1, 0.15) is 32.6 Å². The molecule has 0 atom stereocenters. The number of aryl methyl sites for hydroxylation is 1. The molecule has 0 aliphatic rings. The van der Waals surface area contributed by atoms with E-state index >= 15 is 0 Å². The Morgan fingerprint density at radius 3 is 2.62 bits per heavy atom. The molecule has 0 unspecified atom stereocenters. The number of hydrogen-bond acceptors (Lipinski definition) is 5. The van der Waals surface area contributed by atoms with Gasteiger partial charge >= 0.3 is 0 Å². The number of nitrogens with one attached hydrogen (secondary N) is 1. The molecule has 21 heavy (non-hydrogen) atoms. The average molecular weight is 289 g/mol. The fourth-order valence-corrected chi connectivity index (χ4v) is 2.00. The van der Waals surface area contributed by atoms with Crippen LogP contribution in [0.15, 0.2) is 28.7 Å². The predicted molar refractivity (Wildman–Crippen MR) is 82.4 cm³/mol. The second-order valence-electron chi connectivity index (χ2n) is 4.81. The van der Waals surface area contributed by atoms with Crippen molar-refractivity contribution in [2.75, 3.05) is 19.7 Å². The maximum absolute atomic E-state index is 5.69. The molecule has 0 radical (unpaired) electrons. The Kier molecular flexibility index (Phi) is 6.22. The Morgan fingerprint density at radius 1 is 1.10 bits per heavy atom. The number of ether oxygens (including phenoxy) is 1. The molecule has 0 fully saturated rings. The van der Waals surface area contributed by atoms with E-state index in [1.807, 2.05) is 31.2 Å². The Bertz CT molecular complexity index is 523. The van der Waals surface area contributed by atoms with Crippen LogP contribution in [-0.2, 0) is 6.42 Å². The lowest BCUT2D eigenvalue weighted by Crippen LogP contribution is -2.16. The fraction of sp³-hybridized carbons (Fsp3) is 0.500. The normalized spacial score (nSPS) is 10.8. The first-order valence-electron chi connectivity index (χ1n) is 7.59. The van der Waals surface area contributed by atoms with Crippen molar-refractivity contribution in [2.24, 2.45) is 0 Å². The van der Waals surface area contributed by atoms with E-state index in [9.17, 15) is 0 Å². The van der Waals surface area contributed by atoms with Crippen LogP contribution in [-0.4, -0.2) is 29.9 Å². The van der Waals surface area contributed by atoms with E-state index in [1.165, 1.54) is 0 Å². The molecule has 0 spiro atoms. The van der Waals surface area contributed by atoms with Crippen molar-refractivity contribution < 1.29 is 9.15 Å². The smallest absolute Gasteiger partial charge is 0.247 e. The summed E-state index contributed by atoms with van der Waals surface area (Å²) in [5.74, 6) is 2.11. The number of nitrogens with zero attached hydrogens (tertiary/aromatic N) is 2. The molecule has 1 aromatic carbocycles. The van der Waals surface area contributed by atoms with Gasteiger partial charge in [-0.3, -0.25) is 0 Å². The largest absolute Gasteiger partial charge is 0.494 e. The summed E-state index contributed by atoms with van der Waals surface area (Å²) in [6.07, 6.45) is 2.97. The summed E-state index contributed by atoms with van der Waals surface area (Å²) in [5.41, 5.74) is 0.918. The van der Waals surface area contributed by atoms with Crippen molar-refractivity contribution in [3.8, 4) is 17.2 Å². The van der Waals surface area contributed by atoms with E-state index in [0.717, 1.165) is 43.7 Å². The van der Waals surface area contributed by atoms with Gasteiger partial charge in [0.05, 0.1) is 6.61 Å². The second kappa shape index (κ2) is 8.42. The Morgan fingerprint density at radius 2 is 1.90 bits per heavy atom. The maximum Gasteiger partial charge on any atom is 0.247 e. The van der Waals surface area contributed by atoms with E-state index in [1.54, 1.807) is 0 Å². The average Bonchev–Trinajstić information content (AvgIpc) is 2.97. The van der Waals surface area contributed by atoms with Gasteiger partial charge in [0.15, 0.2) is 0 Å². The highest BCUT2D eigenvalue weighted by Crippen LogP contribution is 2.21. The first-order valence-corrected chi connectivity index (χ1v) is 7.59. The summed E-state index contributed by atoms with van der Waals surface area (Å²) in [4.78, 5) is 0. The van der Waals surface area contributed by atoms with Crippen molar-refractivity contribution >= 4 is 0 Å². The topological polar surface area (TPSA) is 60.2 Å². The third kappa shape index (κ3) is 4.86. The quantitative estimate of drug-likeness (QED) is 0.719. The molecule has 2 rings (SSSR count). The molecule has 1 N–H and O–H groups in total. The van der Waals surface area contributed by atoms with Gasteiger partial charge in [0.1, 0.15) is 5.75 Å². The van der Waals surface area contributed by atoms with Crippen LogP contribution in [0.5, 0.6) is 5.75 Å². The third-order valence-corrected chi connectivity index (χ3v) is 3.05. The van der Waals surface area contributed by atoms with Gasteiger partial charge in [0.2, 0.25) is 11.8 Å². The highest BCUT2D eigenvalue weighted by Gasteiger charge is 2.08. The lowest BCUT2D eigenvalue weighted by molar-refractivity contribution is 0.340. The van der Waals surface area contributed by atoms with Crippen LogP contribution in [0.3, 0.4) is 0 Å². The molecular weight excluding hydrogens is 266 g/mol. The molecule has 1 heterocycles. The lowest BCUT2D eigenvalue weighted by atomic mass is 10.2. The van der Waals surface area contributed by atoms with Crippen molar-refractivity contribution in [3.63, 3.8) is 0 Å². The van der Waals surface area contributed by atoms with Crippen molar-refractivity contribution in [2.45, 2.75) is 33.1 Å². The van der Waals surface area contributed by atoms with Crippen LogP contribution >= 0.6 is 0 Å². The van der Waals surface area contributed by atoms with Gasteiger partial charge in [-0.05, 0) is 57.1 Å². The number of aromatic nitrogens is 2. The first kappa shape index (κ1) is 15.5. The molecule has 1 aromatic heterocycles.